The van der Waals surface area contributed by atoms with Crippen LogP contribution in [-0.2, 0) is 11.3 Å². The van der Waals surface area contributed by atoms with E-state index in [1.54, 1.807) is 30.3 Å². The Hall–Kier alpha value is -2.20. The van der Waals surface area contributed by atoms with Crippen molar-refractivity contribution in [2.45, 2.75) is 19.5 Å². The predicted molar refractivity (Wildman–Crippen MR) is 79.4 cm³/mol. The third kappa shape index (κ3) is 3.67. The maximum absolute atomic E-state index is 13.7. The number of methoxy groups -OCH3 is 1. The van der Waals surface area contributed by atoms with Crippen LogP contribution in [0.1, 0.15) is 34.5 Å². The molecule has 2 aromatic rings. The number of ether oxygens (including phenoxy) is 1. The van der Waals surface area contributed by atoms with Crippen LogP contribution in [0.3, 0.4) is 0 Å². The summed E-state index contributed by atoms with van der Waals surface area (Å²) in [5, 5.41) is 3.23. The minimum absolute atomic E-state index is 0.156. The lowest BCUT2D eigenvalue weighted by molar-refractivity contribution is 0.0599. The number of benzene rings is 2. The molecule has 0 amide bonds. The van der Waals surface area contributed by atoms with Gasteiger partial charge in [0.05, 0.1) is 12.7 Å². The summed E-state index contributed by atoms with van der Waals surface area (Å²) in [4.78, 5) is 11.7. The molecule has 0 fully saturated rings. The summed E-state index contributed by atoms with van der Waals surface area (Å²) < 4.78 is 18.5. The molecule has 0 aliphatic carbocycles. The fourth-order valence-electron chi connectivity index (χ4n) is 2.18. The molecule has 2 aromatic carbocycles. The lowest BCUT2D eigenvalue weighted by atomic mass is 10.1. The topological polar surface area (TPSA) is 38.3 Å². The Labute approximate surface area is 123 Å². The Morgan fingerprint density at radius 1 is 1.19 bits per heavy atom. The Kier molecular flexibility index (Phi) is 5.06. The Morgan fingerprint density at radius 2 is 1.86 bits per heavy atom. The number of nitrogens with one attached hydrogen (secondary N) is 1. The maximum Gasteiger partial charge on any atom is 0.338 e. The highest BCUT2D eigenvalue weighted by Gasteiger charge is 2.13. The van der Waals surface area contributed by atoms with E-state index < -0.39 is 0 Å². The summed E-state index contributed by atoms with van der Waals surface area (Å²) in [6.45, 7) is 2.35. The highest BCUT2D eigenvalue weighted by Crippen LogP contribution is 2.17. The van der Waals surface area contributed by atoms with Gasteiger partial charge in [0.1, 0.15) is 5.82 Å². The van der Waals surface area contributed by atoms with Gasteiger partial charge in [-0.3, -0.25) is 0 Å². The van der Waals surface area contributed by atoms with Gasteiger partial charge < -0.3 is 10.1 Å². The predicted octanol–water partition coefficient (Wildman–Crippen LogP) is 3.46. The highest BCUT2D eigenvalue weighted by molar-refractivity contribution is 5.90. The molecule has 21 heavy (non-hydrogen) atoms. The normalized spacial score (nSPS) is 12.0. The van der Waals surface area contributed by atoms with Crippen molar-refractivity contribution in [1.29, 1.82) is 0 Å². The largest absolute Gasteiger partial charge is 0.465 e. The first kappa shape index (κ1) is 15.2. The molecule has 2 rings (SSSR count). The van der Waals surface area contributed by atoms with E-state index in [0.717, 1.165) is 5.56 Å². The summed E-state index contributed by atoms with van der Waals surface area (Å²) in [5.74, 6) is -0.607. The monoisotopic (exact) mass is 287 g/mol. The Bertz CT molecular complexity index is 628. The molecule has 1 unspecified atom stereocenters. The van der Waals surface area contributed by atoms with E-state index in [9.17, 15) is 9.18 Å². The number of halogens is 1. The molecule has 3 nitrogen and oxygen atoms in total. The van der Waals surface area contributed by atoms with Crippen LogP contribution in [0.5, 0.6) is 0 Å². The van der Waals surface area contributed by atoms with Gasteiger partial charge in [0, 0.05) is 18.2 Å². The summed E-state index contributed by atoms with van der Waals surface area (Å²) in [6.07, 6.45) is 0. The van der Waals surface area contributed by atoms with Crippen LogP contribution in [0.2, 0.25) is 0 Å². The zero-order valence-corrected chi connectivity index (χ0v) is 12.1. The van der Waals surface area contributed by atoms with Crippen LogP contribution in [0.25, 0.3) is 0 Å². The van der Waals surface area contributed by atoms with Crippen LogP contribution >= 0.6 is 0 Å². The average molecular weight is 287 g/mol. The molecule has 0 saturated carbocycles. The molecule has 0 radical (unpaired) electrons. The highest BCUT2D eigenvalue weighted by atomic mass is 19.1. The number of esters is 1. The number of carbonyl (C=O) groups excluding carboxylic acids is 1. The van der Waals surface area contributed by atoms with Crippen molar-refractivity contribution in [2.75, 3.05) is 7.11 Å². The van der Waals surface area contributed by atoms with E-state index in [-0.39, 0.29) is 17.8 Å². The third-order valence-electron chi connectivity index (χ3n) is 3.39. The molecule has 1 N–H and O–H groups in total. The third-order valence-corrected chi connectivity index (χ3v) is 3.39. The van der Waals surface area contributed by atoms with Gasteiger partial charge in [-0.25, -0.2) is 9.18 Å². The molecule has 0 aliphatic rings. The van der Waals surface area contributed by atoms with Crippen LogP contribution in [0, 0.1) is 5.82 Å². The molecule has 110 valence electrons. The summed E-state index contributed by atoms with van der Waals surface area (Å²) in [5.41, 5.74) is 1.95. The van der Waals surface area contributed by atoms with E-state index in [1.165, 1.54) is 13.2 Å². The van der Waals surface area contributed by atoms with Gasteiger partial charge in [0.15, 0.2) is 0 Å². The zero-order valence-electron chi connectivity index (χ0n) is 12.1. The smallest absolute Gasteiger partial charge is 0.338 e. The molecule has 0 aliphatic heterocycles. The molecule has 0 saturated heterocycles. The van der Waals surface area contributed by atoms with Crippen molar-refractivity contribution in [3.63, 3.8) is 0 Å². The first-order valence-electron chi connectivity index (χ1n) is 6.77. The van der Waals surface area contributed by atoms with Gasteiger partial charge in [0.25, 0.3) is 0 Å². The van der Waals surface area contributed by atoms with Crippen molar-refractivity contribution < 1.29 is 13.9 Å². The van der Waals surface area contributed by atoms with Crippen LogP contribution in [0.15, 0.2) is 48.5 Å². The lowest BCUT2D eigenvalue weighted by Crippen LogP contribution is -2.20. The van der Waals surface area contributed by atoms with Crippen molar-refractivity contribution >= 4 is 5.97 Å². The van der Waals surface area contributed by atoms with Crippen molar-refractivity contribution in [3.05, 3.63) is 71.0 Å². The SMILES string of the molecule is COC(=O)c1ccccc1CNC(C)c1ccccc1F. The summed E-state index contributed by atoms with van der Waals surface area (Å²) in [6, 6.07) is 13.7. The van der Waals surface area contributed by atoms with Crippen LogP contribution < -0.4 is 5.32 Å². The quantitative estimate of drug-likeness (QED) is 0.856. The standard InChI is InChI=1S/C17H18FNO2/c1-12(14-8-5-6-10-16(14)18)19-11-13-7-3-4-9-15(13)17(20)21-2/h3-10,12,19H,11H2,1-2H3. The van der Waals surface area contributed by atoms with E-state index in [2.05, 4.69) is 5.32 Å². The number of carbonyl (C=O) groups is 1. The maximum atomic E-state index is 13.7. The van der Waals surface area contributed by atoms with Crippen LogP contribution in [0.4, 0.5) is 4.39 Å². The molecule has 0 aromatic heterocycles. The Balaban J connectivity index is 2.10. The zero-order chi connectivity index (χ0) is 15.2. The first-order chi connectivity index (χ1) is 10.1. The molecule has 0 bridgehead atoms. The molecule has 0 heterocycles. The molecular formula is C17H18FNO2. The van der Waals surface area contributed by atoms with Gasteiger partial charge in [-0.2, -0.15) is 0 Å². The fourth-order valence-corrected chi connectivity index (χ4v) is 2.18. The van der Waals surface area contributed by atoms with E-state index >= 15 is 0 Å². The minimum Gasteiger partial charge on any atom is -0.465 e. The second-order valence-electron chi connectivity index (χ2n) is 4.77. The second-order valence-corrected chi connectivity index (χ2v) is 4.77. The Morgan fingerprint density at radius 3 is 2.57 bits per heavy atom. The van der Waals surface area contributed by atoms with Gasteiger partial charge in [-0.15, -0.1) is 0 Å². The van der Waals surface area contributed by atoms with Crippen LogP contribution in [-0.4, -0.2) is 13.1 Å². The summed E-state index contributed by atoms with van der Waals surface area (Å²) in [7, 11) is 1.36. The molecule has 0 spiro atoms. The minimum atomic E-state index is -0.369. The van der Waals surface area contributed by atoms with Gasteiger partial charge in [-0.1, -0.05) is 36.4 Å². The van der Waals surface area contributed by atoms with Crippen molar-refractivity contribution in [3.8, 4) is 0 Å². The van der Waals surface area contributed by atoms with E-state index in [4.69, 9.17) is 4.74 Å². The number of rotatable bonds is 5. The number of hydrogen-bond donors (Lipinski definition) is 1. The van der Waals surface area contributed by atoms with E-state index in [0.29, 0.717) is 17.7 Å². The van der Waals surface area contributed by atoms with Gasteiger partial charge in [0.2, 0.25) is 0 Å². The van der Waals surface area contributed by atoms with Gasteiger partial charge >= 0.3 is 5.97 Å². The van der Waals surface area contributed by atoms with Crippen molar-refractivity contribution in [2.24, 2.45) is 0 Å². The average Bonchev–Trinajstić information content (AvgIpc) is 2.52. The molecule has 1 atom stereocenters. The fraction of sp³-hybridized carbons (Fsp3) is 0.235. The van der Waals surface area contributed by atoms with Crippen molar-refractivity contribution in [1.82, 2.24) is 5.32 Å². The van der Waals surface area contributed by atoms with E-state index in [1.807, 2.05) is 19.1 Å². The lowest BCUT2D eigenvalue weighted by Gasteiger charge is -2.16. The number of hydrogen-bond acceptors (Lipinski definition) is 3. The first-order valence-corrected chi connectivity index (χ1v) is 6.77. The summed E-state index contributed by atoms with van der Waals surface area (Å²) >= 11 is 0. The molecular weight excluding hydrogens is 269 g/mol. The van der Waals surface area contributed by atoms with Gasteiger partial charge in [-0.05, 0) is 24.6 Å². The second kappa shape index (κ2) is 6.99. The molecule has 4 heteroatoms.